The summed E-state index contributed by atoms with van der Waals surface area (Å²) in [5.41, 5.74) is 7.41. The Bertz CT molecular complexity index is 960. The van der Waals surface area contributed by atoms with Gasteiger partial charge in [-0.05, 0) is 13.0 Å². The summed E-state index contributed by atoms with van der Waals surface area (Å²) in [6, 6.07) is 6.27. The predicted octanol–water partition coefficient (Wildman–Crippen LogP) is -0.114. The van der Waals surface area contributed by atoms with Gasteiger partial charge in [0.05, 0.1) is 24.4 Å². The quantitative estimate of drug-likeness (QED) is 0.300. The van der Waals surface area contributed by atoms with Crippen LogP contribution in [0.25, 0.3) is 10.9 Å². The van der Waals surface area contributed by atoms with Crippen molar-refractivity contribution < 1.29 is 39.5 Å². The Hall–Kier alpha value is -2.34. The molecule has 0 saturated carbocycles. The highest BCUT2D eigenvalue weighted by molar-refractivity contribution is 5.89. The van der Waals surface area contributed by atoms with E-state index >= 15 is 0 Å². The highest BCUT2D eigenvalue weighted by atomic mass is 16.6. The molecule has 0 aliphatic carbocycles. The van der Waals surface area contributed by atoms with Crippen LogP contribution in [0.15, 0.2) is 30.5 Å². The first-order valence-corrected chi connectivity index (χ1v) is 10.5. The maximum atomic E-state index is 12.4. The van der Waals surface area contributed by atoms with E-state index in [1.165, 1.54) is 6.92 Å². The van der Waals surface area contributed by atoms with Gasteiger partial charge in [-0.25, -0.2) is 4.79 Å². The molecule has 3 rings (SSSR count). The van der Waals surface area contributed by atoms with Crippen molar-refractivity contribution in [3.05, 3.63) is 36.0 Å². The summed E-state index contributed by atoms with van der Waals surface area (Å²) in [6.07, 6.45) is -3.52. The lowest BCUT2D eigenvalue weighted by Gasteiger charge is -2.44. The summed E-state index contributed by atoms with van der Waals surface area (Å²) in [6.45, 7) is 2.14. The molecule has 176 valence electrons. The van der Waals surface area contributed by atoms with Gasteiger partial charge in [-0.3, -0.25) is 4.79 Å². The van der Waals surface area contributed by atoms with E-state index in [1.54, 1.807) is 6.20 Å². The van der Waals surface area contributed by atoms with Crippen molar-refractivity contribution in [2.75, 3.05) is 6.61 Å². The predicted molar refractivity (Wildman–Crippen MR) is 113 cm³/mol. The molecule has 0 spiro atoms. The Balaban J connectivity index is 1.62. The number of H-pyrrole nitrogens is 1. The standard InChI is InChI=1S/C22H30N2O8/c1-11(25)19-17(28)8-22(30,12(2)26)32-18(19)7-13(27)10-31-21(29)20(23)15-9-24-16-6-4-3-5-14(15)16/h3-6,9,11,13,17-20,24-25,27-28,30H,7-8,10,23H2,1-2H3/t11?,13-,17?,18?,19?,20+,22?/m0/s1. The van der Waals surface area contributed by atoms with E-state index in [0.29, 0.717) is 5.56 Å². The molecule has 1 aliphatic heterocycles. The number of ether oxygens (including phenoxy) is 2. The highest BCUT2D eigenvalue weighted by Crippen LogP contribution is 2.36. The Kier molecular flexibility index (Phi) is 7.33. The molecule has 1 aromatic heterocycles. The second-order valence-electron chi connectivity index (χ2n) is 8.37. The minimum Gasteiger partial charge on any atom is -0.462 e. The zero-order valence-corrected chi connectivity index (χ0v) is 18.0. The maximum Gasteiger partial charge on any atom is 0.327 e. The number of Topliss-reactive ketones (excluding diaryl/α,β-unsaturated/α-hetero) is 1. The van der Waals surface area contributed by atoms with E-state index in [1.807, 2.05) is 24.3 Å². The first-order valence-electron chi connectivity index (χ1n) is 10.5. The van der Waals surface area contributed by atoms with E-state index in [0.717, 1.165) is 17.8 Å². The fraction of sp³-hybridized carbons (Fsp3) is 0.545. The van der Waals surface area contributed by atoms with Crippen LogP contribution in [-0.2, 0) is 19.1 Å². The van der Waals surface area contributed by atoms with Crippen LogP contribution in [0, 0.1) is 5.92 Å². The number of hydrogen-bond acceptors (Lipinski definition) is 9. The average molecular weight is 450 g/mol. The number of nitrogens with two attached hydrogens (primary N) is 1. The van der Waals surface area contributed by atoms with Crippen molar-refractivity contribution in [3.8, 4) is 0 Å². The minimum absolute atomic E-state index is 0.197. The van der Waals surface area contributed by atoms with Gasteiger partial charge >= 0.3 is 5.97 Å². The van der Waals surface area contributed by atoms with Gasteiger partial charge in [0.15, 0.2) is 5.78 Å². The molecule has 5 unspecified atom stereocenters. The number of aromatic nitrogens is 1. The number of ketones is 1. The molecule has 1 aromatic carbocycles. The van der Waals surface area contributed by atoms with E-state index in [2.05, 4.69) is 4.98 Å². The van der Waals surface area contributed by atoms with E-state index in [9.17, 15) is 30.0 Å². The van der Waals surface area contributed by atoms with Gasteiger partial charge in [0.1, 0.15) is 12.6 Å². The van der Waals surface area contributed by atoms with E-state index in [-0.39, 0.29) is 12.8 Å². The minimum atomic E-state index is -2.22. The molecule has 10 nitrogen and oxygen atoms in total. The summed E-state index contributed by atoms with van der Waals surface area (Å²) in [5, 5.41) is 41.9. The summed E-state index contributed by atoms with van der Waals surface area (Å²) in [4.78, 5) is 27.2. The summed E-state index contributed by atoms with van der Waals surface area (Å²) in [7, 11) is 0. The van der Waals surface area contributed by atoms with Crippen LogP contribution in [0.3, 0.4) is 0 Å². The molecule has 0 radical (unpaired) electrons. The number of esters is 1. The molecule has 1 aliphatic rings. The highest BCUT2D eigenvalue weighted by Gasteiger charge is 2.50. The lowest BCUT2D eigenvalue weighted by Crippen LogP contribution is -2.58. The van der Waals surface area contributed by atoms with Crippen molar-refractivity contribution in [2.45, 2.75) is 62.9 Å². The van der Waals surface area contributed by atoms with E-state index < -0.39 is 60.5 Å². The van der Waals surface area contributed by atoms with Gasteiger partial charge in [0.25, 0.3) is 0 Å². The average Bonchev–Trinajstić information content (AvgIpc) is 3.14. The first kappa shape index (κ1) is 24.3. The fourth-order valence-electron chi connectivity index (χ4n) is 4.19. The van der Waals surface area contributed by atoms with Crippen LogP contribution < -0.4 is 5.73 Å². The number of aromatic amines is 1. The molecule has 2 aromatic rings. The van der Waals surface area contributed by atoms with Gasteiger partial charge < -0.3 is 40.6 Å². The fourth-order valence-corrected chi connectivity index (χ4v) is 4.19. The summed E-state index contributed by atoms with van der Waals surface area (Å²) in [5.74, 6) is -4.51. The second-order valence-corrected chi connectivity index (χ2v) is 8.37. The van der Waals surface area contributed by atoms with E-state index in [4.69, 9.17) is 15.2 Å². The number of fused-ring (bicyclic) bond motifs is 1. The Morgan fingerprint density at radius 1 is 1.34 bits per heavy atom. The Labute approximate surface area is 184 Å². The molecule has 7 N–H and O–H groups in total. The molecule has 7 atom stereocenters. The van der Waals surface area contributed by atoms with Gasteiger partial charge in [0.2, 0.25) is 5.79 Å². The maximum absolute atomic E-state index is 12.4. The van der Waals surface area contributed by atoms with Crippen LogP contribution in [0.2, 0.25) is 0 Å². The van der Waals surface area contributed by atoms with Gasteiger partial charge in [-0.2, -0.15) is 0 Å². The van der Waals surface area contributed by atoms with Gasteiger partial charge in [0, 0.05) is 48.3 Å². The van der Waals surface area contributed by atoms with Gasteiger partial charge in [-0.1, -0.05) is 18.2 Å². The second kappa shape index (κ2) is 9.65. The monoisotopic (exact) mass is 450 g/mol. The number of para-hydroxylation sites is 1. The molecule has 1 fully saturated rings. The molecule has 32 heavy (non-hydrogen) atoms. The van der Waals surface area contributed by atoms with Crippen molar-refractivity contribution in [1.29, 1.82) is 0 Å². The number of carbonyl (C=O) groups is 2. The van der Waals surface area contributed by atoms with Crippen LogP contribution >= 0.6 is 0 Å². The van der Waals surface area contributed by atoms with Gasteiger partial charge in [-0.15, -0.1) is 0 Å². The van der Waals surface area contributed by atoms with Crippen molar-refractivity contribution in [1.82, 2.24) is 4.98 Å². The molecular weight excluding hydrogens is 420 g/mol. The van der Waals surface area contributed by atoms with Crippen molar-refractivity contribution >= 4 is 22.7 Å². The van der Waals surface area contributed by atoms with Crippen LogP contribution in [0.4, 0.5) is 0 Å². The Morgan fingerprint density at radius 2 is 2.03 bits per heavy atom. The number of aliphatic hydroxyl groups excluding tert-OH is 3. The summed E-state index contributed by atoms with van der Waals surface area (Å²) >= 11 is 0. The number of carbonyl (C=O) groups excluding carboxylic acids is 2. The van der Waals surface area contributed by atoms with Crippen LogP contribution in [0.5, 0.6) is 0 Å². The molecule has 0 amide bonds. The normalized spacial score (nSPS) is 28.8. The molecular formula is C22H30N2O8. The van der Waals surface area contributed by atoms with Crippen molar-refractivity contribution in [2.24, 2.45) is 11.7 Å². The Morgan fingerprint density at radius 3 is 2.69 bits per heavy atom. The third kappa shape index (κ3) is 5.01. The zero-order chi connectivity index (χ0) is 23.6. The zero-order valence-electron chi connectivity index (χ0n) is 18.0. The molecule has 1 saturated heterocycles. The first-order chi connectivity index (χ1) is 15.0. The molecule has 0 bridgehead atoms. The SMILES string of the molecule is CC(=O)C1(O)CC(O)C(C(C)O)C(C[C@H](O)COC(=O)[C@H](N)c2c[nH]c3ccccc23)O1. The van der Waals surface area contributed by atoms with Crippen LogP contribution in [-0.4, -0.2) is 74.0 Å². The third-order valence-electron chi connectivity index (χ3n) is 5.95. The number of aliphatic hydroxyl groups is 4. The summed E-state index contributed by atoms with van der Waals surface area (Å²) < 4.78 is 10.6. The number of hydrogen-bond donors (Lipinski definition) is 6. The number of nitrogens with one attached hydrogen (secondary N) is 1. The van der Waals surface area contributed by atoms with Crippen LogP contribution in [0.1, 0.15) is 38.3 Å². The lowest BCUT2D eigenvalue weighted by molar-refractivity contribution is -0.285. The lowest BCUT2D eigenvalue weighted by atomic mass is 9.81. The third-order valence-corrected chi connectivity index (χ3v) is 5.95. The smallest absolute Gasteiger partial charge is 0.327 e. The molecule has 10 heteroatoms. The number of benzene rings is 1. The van der Waals surface area contributed by atoms with Crippen molar-refractivity contribution in [3.63, 3.8) is 0 Å². The number of rotatable bonds is 8. The topological polar surface area (TPSA) is 175 Å². The molecule has 2 heterocycles. The largest absolute Gasteiger partial charge is 0.462 e.